The van der Waals surface area contributed by atoms with Gasteiger partial charge in [-0.2, -0.15) is 10.2 Å². The van der Waals surface area contributed by atoms with Crippen molar-refractivity contribution in [2.24, 2.45) is 12.8 Å². The Balaban J connectivity index is 2.11. The first-order valence-corrected chi connectivity index (χ1v) is 7.38. The zero-order chi connectivity index (χ0) is 14.8. The third-order valence-corrected chi connectivity index (χ3v) is 4.36. The molecular formula is C14H16N6S. The average Bonchev–Trinajstić information content (AvgIpc) is 3.04. The molecular weight excluding hydrogens is 284 g/mol. The summed E-state index contributed by atoms with van der Waals surface area (Å²) in [6.07, 6.45) is 1.54. The highest BCUT2D eigenvalue weighted by Crippen LogP contribution is 2.32. The van der Waals surface area contributed by atoms with Crippen molar-refractivity contribution in [3.05, 3.63) is 47.9 Å². The van der Waals surface area contributed by atoms with Crippen LogP contribution in [0.15, 0.2) is 46.8 Å². The summed E-state index contributed by atoms with van der Waals surface area (Å²) in [4.78, 5) is 4.26. The van der Waals surface area contributed by atoms with Crippen LogP contribution in [0, 0.1) is 6.92 Å². The van der Waals surface area contributed by atoms with E-state index in [4.69, 9.17) is 5.73 Å². The van der Waals surface area contributed by atoms with E-state index in [1.54, 1.807) is 11.0 Å². The summed E-state index contributed by atoms with van der Waals surface area (Å²) >= 11 is 1.52. The van der Waals surface area contributed by atoms with Gasteiger partial charge >= 0.3 is 0 Å². The second kappa shape index (κ2) is 5.71. The standard InChI is InChI=1S/C14H16N6S/c1-10-12(8-15)13(21-14-16-9-17-19(14)2)20(18-10)11-6-4-3-5-7-11/h3-7,9H,8,15H2,1-2H3. The monoisotopic (exact) mass is 300 g/mol. The summed E-state index contributed by atoms with van der Waals surface area (Å²) in [5, 5.41) is 10.5. The fourth-order valence-corrected chi connectivity index (χ4v) is 3.13. The van der Waals surface area contributed by atoms with Gasteiger partial charge in [-0.15, -0.1) is 0 Å². The molecule has 0 radical (unpaired) electrons. The molecule has 3 rings (SSSR count). The van der Waals surface area contributed by atoms with Gasteiger partial charge in [-0.05, 0) is 30.8 Å². The summed E-state index contributed by atoms with van der Waals surface area (Å²) < 4.78 is 3.65. The summed E-state index contributed by atoms with van der Waals surface area (Å²) in [5.74, 6) is 0. The maximum atomic E-state index is 5.90. The molecule has 2 N–H and O–H groups in total. The molecule has 0 aliphatic heterocycles. The molecule has 0 aliphatic rings. The molecule has 0 bridgehead atoms. The predicted octanol–water partition coefficient (Wildman–Crippen LogP) is 1.92. The minimum absolute atomic E-state index is 0.443. The smallest absolute Gasteiger partial charge is 0.192 e. The third-order valence-electron chi connectivity index (χ3n) is 3.20. The highest BCUT2D eigenvalue weighted by molar-refractivity contribution is 7.99. The normalized spacial score (nSPS) is 11.0. The highest BCUT2D eigenvalue weighted by Gasteiger charge is 2.18. The Kier molecular flexibility index (Phi) is 3.76. The van der Waals surface area contributed by atoms with Crippen LogP contribution >= 0.6 is 11.8 Å². The first-order valence-electron chi connectivity index (χ1n) is 6.56. The van der Waals surface area contributed by atoms with Crippen LogP contribution in [0.3, 0.4) is 0 Å². The van der Waals surface area contributed by atoms with E-state index in [-0.39, 0.29) is 0 Å². The number of nitrogens with two attached hydrogens (primary N) is 1. The molecule has 0 fully saturated rings. The SMILES string of the molecule is Cc1nn(-c2ccccc2)c(Sc2ncnn2C)c1CN. The molecule has 1 aromatic carbocycles. The van der Waals surface area contributed by atoms with E-state index in [0.717, 1.165) is 27.1 Å². The fraction of sp³-hybridized carbons (Fsp3) is 0.214. The topological polar surface area (TPSA) is 74.5 Å². The lowest BCUT2D eigenvalue weighted by Crippen LogP contribution is -2.03. The molecule has 2 aromatic heterocycles. The Morgan fingerprint density at radius 2 is 2.00 bits per heavy atom. The molecule has 0 atom stereocenters. The number of hydrogen-bond acceptors (Lipinski definition) is 5. The summed E-state index contributed by atoms with van der Waals surface area (Å²) in [6, 6.07) is 10.0. The van der Waals surface area contributed by atoms with E-state index < -0.39 is 0 Å². The second-order valence-electron chi connectivity index (χ2n) is 4.59. The summed E-state index contributed by atoms with van der Waals surface area (Å²) in [6.45, 7) is 2.42. The summed E-state index contributed by atoms with van der Waals surface area (Å²) in [5.41, 5.74) is 8.88. The van der Waals surface area contributed by atoms with Crippen LogP contribution in [0.4, 0.5) is 0 Å². The fourth-order valence-electron chi connectivity index (χ4n) is 2.09. The number of hydrogen-bond donors (Lipinski definition) is 1. The van der Waals surface area contributed by atoms with Crippen LogP contribution in [-0.2, 0) is 13.6 Å². The van der Waals surface area contributed by atoms with Crippen LogP contribution in [0.2, 0.25) is 0 Å². The van der Waals surface area contributed by atoms with Crippen molar-refractivity contribution in [1.29, 1.82) is 0 Å². The van der Waals surface area contributed by atoms with Crippen LogP contribution < -0.4 is 5.73 Å². The molecule has 0 amide bonds. The number of benzene rings is 1. The van der Waals surface area contributed by atoms with Crippen molar-refractivity contribution >= 4 is 11.8 Å². The molecule has 0 saturated heterocycles. The first-order chi connectivity index (χ1) is 10.2. The molecule has 2 heterocycles. The van der Waals surface area contributed by atoms with E-state index in [2.05, 4.69) is 15.2 Å². The highest BCUT2D eigenvalue weighted by atomic mass is 32.2. The Labute approximate surface area is 127 Å². The lowest BCUT2D eigenvalue weighted by molar-refractivity contribution is 0.682. The van der Waals surface area contributed by atoms with Crippen molar-refractivity contribution in [3.63, 3.8) is 0 Å². The maximum Gasteiger partial charge on any atom is 0.192 e. The number of aromatic nitrogens is 5. The Bertz CT molecular complexity index is 746. The van der Waals surface area contributed by atoms with Gasteiger partial charge < -0.3 is 5.73 Å². The molecule has 21 heavy (non-hydrogen) atoms. The quantitative estimate of drug-likeness (QED) is 0.797. The van der Waals surface area contributed by atoms with E-state index in [1.807, 2.05) is 49.0 Å². The average molecular weight is 300 g/mol. The van der Waals surface area contributed by atoms with Crippen molar-refractivity contribution in [2.75, 3.05) is 0 Å². The lowest BCUT2D eigenvalue weighted by atomic mass is 10.3. The van der Waals surface area contributed by atoms with Crippen LogP contribution in [0.1, 0.15) is 11.3 Å². The maximum absolute atomic E-state index is 5.90. The first kappa shape index (κ1) is 13.8. The molecule has 0 spiro atoms. The molecule has 0 aliphatic carbocycles. The lowest BCUT2D eigenvalue weighted by Gasteiger charge is -2.08. The van der Waals surface area contributed by atoms with Crippen molar-refractivity contribution in [1.82, 2.24) is 24.5 Å². The Hall–Kier alpha value is -2.12. The van der Waals surface area contributed by atoms with E-state index in [9.17, 15) is 0 Å². The van der Waals surface area contributed by atoms with Gasteiger partial charge in [0, 0.05) is 19.2 Å². The molecule has 6 nitrogen and oxygen atoms in total. The minimum Gasteiger partial charge on any atom is -0.326 e. The van der Waals surface area contributed by atoms with Crippen LogP contribution in [0.5, 0.6) is 0 Å². The number of nitrogens with zero attached hydrogens (tertiary/aromatic N) is 5. The van der Waals surface area contributed by atoms with Gasteiger partial charge in [0.05, 0.1) is 11.4 Å². The molecule has 3 aromatic rings. The molecule has 0 saturated carbocycles. The molecule has 7 heteroatoms. The number of aryl methyl sites for hydroxylation is 2. The number of rotatable bonds is 4. The van der Waals surface area contributed by atoms with Gasteiger partial charge in [0.2, 0.25) is 0 Å². The third kappa shape index (κ3) is 2.57. The molecule has 108 valence electrons. The Morgan fingerprint density at radius 1 is 1.24 bits per heavy atom. The van der Waals surface area contributed by atoms with E-state index in [1.165, 1.54) is 11.8 Å². The van der Waals surface area contributed by atoms with Crippen molar-refractivity contribution < 1.29 is 0 Å². The molecule has 0 unspecified atom stereocenters. The van der Waals surface area contributed by atoms with Gasteiger partial charge in [0.15, 0.2) is 5.16 Å². The van der Waals surface area contributed by atoms with Gasteiger partial charge in [-0.25, -0.2) is 14.3 Å². The van der Waals surface area contributed by atoms with Crippen LogP contribution in [0.25, 0.3) is 5.69 Å². The van der Waals surface area contributed by atoms with E-state index in [0.29, 0.717) is 6.54 Å². The zero-order valence-corrected chi connectivity index (χ0v) is 12.7. The van der Waals surface area contributed by atoms with Crippen LogP contribution in [-0.4, -0.2) is 24.5 Å². The zero-order valence-electron chi connectivity index (χ0n) is 11.9. The van der Waals surface area contributed by atoms with Gasteiger partial charge in [-0.1, -0.05) is 18.2 Å². The van der Waals surface area contributed by atoms with E-state index >= 15 is 0 Å². The van der Waals surface area contributed by atoms with Crippen molar-refractivity contribution in [3.8, 4) is 5.69 Å². The minimum atomic E-state index is 0.443. The largest absolute Gasteiger partial charge is 0.326 e. The second-order valence-corrected chi connectivity index (χ2v) is 5.54. The predicted molar refractivity (Wildman–Crippen MR) is 81.3 cm³/mol. The van der Waals surface area contributed by atoms with Gasteiger partial charge in [-0.3, -0.25) is 0 Å². The Morgan fingerprint density at radius 3 is 2.62 bits per heavy atom. The number of para-hydroxylation sites is 1. The summed E-state index contributed by atoms with van der Waals surface area (Å²) in [7, 11) is 1.87. The van der Waals surface area contributed by atoms with Crippen molar-refractivity contribution in [2.45, 2.75) is 23.7 Å². The van der Waals surface area contributed by atoms with Gasteiger partial charge in [0.1, 0.15) is 11.4 Å². The van der Waals surface area contributed by atoms with Gasteiger partial charge in [0.25, 0.3) is 0 Å².